The highest BCUT2D eigenvalue weighted by molar-refractivity contribution is 7.85. The lowest BCUT2D eigenvalue weighted by Gasteiger charge is -2.10. The zero-order chi connectivity index (χ0) is 14.8. The van der Waals surface area contributed by atoms with E-state index >= 15 is 0 Å². The first kappa shape index (κ1) is 15.1. The first-order valence-corrected chi connectivity index (χ1v) is 7.82. The van der Waals surface area contributed by atoms with Crippen molar-refractivity contribution < 1.29 is 13.0 Å². The maximum absolute atomic E-state index is 11.1. The highest BCUT2D eigenvalue weighted by Gasteiger charge is 2.10. The predicted octanol–water partition coefficient (Wildman–Crippen LogP) is 3.85. The topological polar surface area (TPSA) is 66.4 Å². The Hall–Kier alpha value is -1.27. The predicted molar refractivity (Wildman–Crippen MR) is 80.0 cm³/mol. The molecule has 0 unspecified atom stereocenters. The number of hydrogen-bond donors (Lipinski definition) is 2. The molecule has 0 aliphatic heterocycles. The van der Waals surface area contributed by atoms with Gasteiger partial charge in [0.25, 0.3) is 10.1 Å². The summed E-state index contributed by atoms with van der Waals surface area (Å²) in [5.74, 6) is 0. The van der Waals surface area contributed by atoms with Gasteiger partial charge in [-0.15, -0.1) is 0 Å². The third kappa shape index (κ3) is 3.64. The lowest BCUT2D eigenvalue weighted by molar-refractivity contribution is 0.483. The Morgan fingerprint density at radius 3 is 2.25 bits per heavy atom. The summed E-state index contributed by atoms with van der Waals surface area (Å²) in [7, 11) is -4.22. The van der Waals surface area contributed by atoms with Gasteiger partial charge < -0.3 is 5.32 Å². The van der Waals surface area contributed by atoms with Gasteiger partial charge in [0.05, 0.1) is 4.90 Å². The van der Waals surface area contributed by atoms with Crippen LogP contribution in [0.5, 0.6) is 0 Å². The third-order valence-electron chi connectivity index (χ3n) is 2.66. The molecule has 0 aliphatic rings. The maximum Gasteiger partial charge on any atom is 0.294 e. The van der Waals surface area contributed by atoms with E-state index < -0.39 is 10.1 Å². The number of benzene rings is 2. The Balaban J connectivity index is 2.20. The largest absolute Gasteiger partial charge is 0.381 e. The minimum atomic E-state index is -4.22. The van der Waals surface area contributed by atoms with Crippen LogP contribution in [0.15, 0.2) is 47.4 Å². The van der Waals surface area contributed by atoms with Gasteiger partial charge in [0.15, 0.2) is 0 Å². The number of hydrogen-bond acceptors (Lipinski definition) is 3. The van der Waals surface area contributed by atoms with Crippen LogP contribution in [-0.2, 0) is 16.7 Å². The average Bonchev–Trinajstić information content (AvgIpc) is 2.37. The molecule has 2 rings (SSSR count). The number of rotatable bonds is 4. The van der Waals surface area contributed by atoms with Crippen molar-refractivity contribution in [3.8, 4) is 0 Å². The number of halogens is 2. The van der Waals surface area contributed by atoms with Gasteiger partial charge in [-0.05, 0) is 30.3 Å². The molecule has 0 radical (unpaired) electrons. The van der Waals surface area contributed by atoms with Crippen LogP contribution in [-0.4, -0.2) is 13.0 Å². The molecule has 0 saturated heterocycles. The van der Waals surface area contributed by atoms with Crippen LogP contribution in [0.2, 0.25) is 10.0 Å². The van der Waals surface area contributed by atoms with Crippen LogP contribution in [0.1, 0.15) is 5.56 Å². The van der Waals surface area contributed by atoms with Crippen LogP contribution in [0, 0.1) is 0 Å². The van der Waals surface area contributed by atoms with Crippen molar-refractivity contribution >= 4 is 39.0 Å². The molecule has 0 amide bonds. The van der Waals surface area contributed by atoms with Crippen LogP contribution in [0.25, 0.3) is 0 Å². The second-order valence-electron chi connectivity index (χ2n) is 4.06. The molecule has 2 aromatic rings. The molecule has 2 aromatic carbocycles. The number of nitrogens with one attached hydrogen (secondary N) is 1. The Bertz CT molecular complexity index is 712. The molecule has 4 nitrogen and oxygen atoms in total. The first-order chi connectivity index (χ1) is 9.38. The molecule has 0 fully saturated rings. The zero-order valence-corrected chi connectivity index (χ0v) is 12.5. The summed E-state index contributed by atoms with van der Waals surface area (Å²) in [6.07, 6.45) is 0. The van der Waals surface area contributed by atoms with Crippen LogP contribution >= 0.6 is 23.2 Å². The van der Waals surface area contributed by atoms with Gasteiger partial charge in [-0.25, -0.2) is 0 Å². The molecule has 0 bridgehead atoms. The fourth-order valence-electron chi connectivity index (χ4n) is 1.66. The van der Waals surface area contributed by atoms with E-state index in [1.54, 1.807) is 24.3 Å². The van der Waals surface area contributed by atoms with Crippen molar-refractivity contribution in [2.75, 3.05) is 5.32 Å². The minimum absolute atomic E-state index is 0.173. The van der Waals surface area contributed by atoms with Gasteiger partial charge in [0.1, 0.15) is 0 Å². The fraction of sp³-hybridized carbons (Fsp3) is 0.0769. The molecule has 20 heavy (non-hydrogen) atoms. The summed E-state index contributed by atoms with van der Waals surface area (Å²) in [4.78, 5) is -0.173. The Kier molecular flexibility index (Phi) is 4.55. The minimum Gasteiger partial charge on any atom is -0.381 e. The summed E-state index contributed by atoms with van der Waals surface area (Å²) in [6.45, 7) is 0.341. The van der Waals surface area contributed by atoms with Gasteiger partial charge >= 0.3 is 0 Å². The number of anilines is 1. The van der Waals surface area contributed by atoms with E-state index in [9.17, 15) is 8.42 Å². The Morgan fingerprint density at radius 2 is 1.65 bits per heavy atom. The zero-order valence-electron chi connectivity index (χ0n) is 10.2. The molecule has 7 heteroatoms. The van der Waals surface area contributed by atoms with E-state index in [-0.39, 0.29) is 4.90 Å². The standard InChI is InChI=1S/C13H11Cl2NO3S/c14-12-5-2-6-13(15)11(12)8-16-9-3-1-4-10(7-9)20(17,18)19/h1-7,16H,8H2,(H,17,18,19). The molecular formula is C13H11Cl2NO3S. The summed E-state index contributed by atoms with van der Waals surface area (Å²) in [5.41, 5.74) is 1.25. The first-order valence-electron chi connectivity index (χ1n) is 5.62. The summed E-state index contributed by atoms with van der Waals surface area (Å²) in [5, 5.41) is 4.06. The lowest BCUT2D eigenvalue weighted by Crippen LogP contribution is -2.03. The lowest BCUT2D eigenvalue weighted by atomic mass is 10.2. The fourth-order valence-corrected chi connectivity index (χ4v) is 2.72. The van der Waals surface area contributed by atoms with Crippen LogP contribution in [0.4, 0.5) is 5.69 Å². The molecule has 0 aromatic heterocycles. The van der Waals surface area contributed by atoms with Gasteiger partial charge in [-0.2, -0.15) is 8.42 Å². The van der Waals surface area contributed by atoms with Crippen molar-refractivity contribution in [3.63, 3.8) is 0 Å². The van der Waals surface area contributed by atoms with Gasteiger partial charge in [0.2, 0.25) is 0 Å². The summed E-state index contributed by atoms with van der Waals surface area (Å²) < 4.78 is 31.1. The van der Waals surface area contributed by atoms with Gasteiger partial charge in [0, 0.05) is 27.8 Å². The van der Waals surface area contributed by atoms with Crippen molar-refractivity contribution in [2.24, 2.45) is 0 Å². The second-order valence-corrected chi connectivity index (χ2v) is 6.29. The van der Waals surface area contributed by atoms with Gasteiger partial charge in [-0.3, -0.25) is 4.55 Å². The Morgan fingerprint density at radius 1 is 1.05 bits per heavy atom. The highest BCUT2D eigenvalue weighted by atomic mass is 35.5. The van der Waals surface area contributed by atoms with Crippen LogP contribution in [0.3, 0.4) is 0 Å². The van der Waals surface area contributed by atoms with Crippen molar-refractivity contribution in [1.29, 1.82) is 0 Å². The van der Waals surface area contributed by atoms with E-state index in [4.69, 9.17) is 27.8 Å². The molecule has 0 saturated carbocycles. The second kappa shape index (κ2) is 6.01. The van der Waals surface area contributed by atoms with Gasteiger partial charge in [-0.1, -0.05) is 35.3 Å². The summed E-state index contributed by atoms with van der Waals surface area (Å²) >= 11 is 12.1. The molecule has 2 N–H and O–H groups in total. The Labute approximate surface area is 127 Å². The monoisotopic (exact) mass is 331 g/mol. The highest BCUT2D eigenvalue weighted by Crippen LogP contribution is 2.25. The maximum atomic E-state index is 11.1. The molecular weight excluding hydrogens is 321 g/mol. The van der Waals surface area contributed by atoms with E-state index in [1.807, 2.05) is 0 Å². The van der Waals surface area contributed by atoms with E-state index in [0.29, 0.717) is 27.8 Å². The van der Waals surface area contributed by atoms with E-state index in [1.165, 1.54) is 18.2 Å². The normalized spacial score (nSPS) is 11.3. The molecule has 106 valence electrons. The van der Waals surface area contributed by atoms with E-state index in [2.05, 4.69) is 5.32 Å². The van der Waals surface area contributed by atoms with Crippen molar-refractivity contribution in [2.45, 2.75) is 11.4 Å². The SMILES string of the molecule is O=S(=O)(O)c1cccc(NCc2c(Cl)cccc2Cl)c1. The van der Waals surface area contributed by atoms with E-state index in [0.717, 1.165) is 0 Å². The molecule has 0 aliphatic carbocycles. The van der Waals surface area contributed by atoms with Crippen LogP contribution < -0.4 is 5.32 Å². The smallest absolute Gasteiger partial charge is 0.294 e. The summed E-state index contributed by atoms with van der Waals surface area (Å²) in [6, 6.07) is 11.0. The van der Waals surface area contributed by atoms with Crippen molar-refractivity contribution in [1.82, 2.24) is 0 Å². The molecule has 0 atom stereocenters. The van der Waals surface area contributed by atoms with Crippen molar-refractivity contribution in [3.05, 3.63) is 58.1 Å². The average molecular weight is 332 g/mol. The molecule has 0 spiro atoms. The molecule has 0 heterocycles. The third-order valence-corrected chi connectivity index (χ3v) is 4.22. The quantitative estimate of drug-likeness (QED) is 0.835.